The van der Waals surface area contributed by atoms with Crippen molar-refractivity contribution in [3.05, 3.63) is 72.3 Å². The molecule has 3 aromatic rings. The number of fused-ring (bicyclic) bond motifs is 8. The van der Waals surface area contributed by atoms with Crippen LogP contribution in [0.3, 0.4) is 0 Å². The lowest BCUT2D eigenvalue weighted by Crippen LogP contribution is -2.22. The summed E-state index contributed by atoms with van der Waals surface area (Å²) >= 11 is 0. The van der Waals surface area contributed by atoms with Gasteiger partial charge in [0.05, 0.1) is 0 Å². The van der Waals surface area contributed by atoms with E-state index in [2.05, 4.69) is 66.7 Å². The minimum Gasteiger partial charge on any atom is -0.0845 e. The van der Waals surface area contributed by atoms with Gasteiger partial charge < -0.3 is 0 Å². The van der Waals surface area contributed by atoms with E-state index in [1.54, 1.807) is 5.56 Å². The van der Waals surface area contributed by atoms with Crippen LogP contribution in [0.2, 0.25) is 0 Å². The molecule has 0 aliphatic heterocycles. The highest BCUT2D eigenvalue weighted by Gasteiger charge is 2.71. The predicted molar refractivity (Wildman–Crippen MR) is 98.9 cm³/mol. The summed E-state index contributed by atoms with van der Waals surface area (Å²) in [6.07, 6.45) is 6.69. The summed E-state index contributed by atoms with van der Waals surface area (Å²) in [5.41, 5.74) is 1.64. The van der Waals surface area contributed by atoms with Crippen LogP contribution in [0.25, 0.3) is 21.5 Å². The molecule has 0 aromatic heterocycles. The second-order valence-corrected chi connectivity index (χ2v) is 8.52. The molecule has 0 amide bonds. The molecule has 0 heterocycles. The van der Waals surface area contributed by atoms with Crippen molar-refractivity contribution in [2.75, 3.05) is 0 Å². The van der Waals surface area contributed by atoms with Gasteiger partial charge in [0.15, 0.2) is 0 Å². The van der Waals surface area contributed by atoms with Crippen LogP contribution in [-0.4, -0.2) is 0 Å². The standard InChI is InChI=1S/C24H20/c1-2-6-14-13(5-1)11-20(16-8-4-3-7-15(14)16)22-17-9-10-18-23(24(18)22)21-12-19(17)21/h1-11,17-19,21-24H,12H2/t17-,18?,19+,21+,22+,23?,24-/m1/s1. The molecular formula is C24H20. The van der Waals surface area contributed by atoms with E-state index in [4.69, 9.17) is 0 Å². The van der Waals surface area contributed by atoms with Crippen molar-refractivity contribution in [2.24, 2.45) is 35.5 Å². The summed E-state index contributed by atoms with van der Waals surface area (Å²) in [5.74, 6) is 6.48. The second kappa shape index (κ2) is 3.94. The van der Waals surface area contributed by atoms with E-state index in [9.17, 15) is 0 Å². The summed E-state index contributed by atoms with van der Waals surface area (Å²) in [4.78, 5) is 0. The van der Waals surface area contributed by atoms with Gasteiger partial charge in [-0.1, -0.05) is 66.7 Å². The maximum Gasteiger partial charge on any atom is -0.00529 e. The highest BCUT2D eigenvalue weighted by atomic mass is 14.7. The normalized spacial score (nSPS) is 40.6. The van der Waals surface area contributed by atoms with Crippen LogP contribution in [0.4, 0.5) is 0 Å². The maximum absolute atomic E-state index is 2.60. The summed E-state index contributed by atoms with van der Waals surface area (Å²) in [6.45, 7) is 0. The largest absolute Gasteiger partial charge is 0.0845 e. The maximum atomic E-state index is 2.60. The highest BCUT2D eigenvalue weighted by molar-refractivity contribution is 6.09. The van der Waals surface area contributed by atoms with Crippen LogP contribution < -0.4 is 0 Å². The Bertz CT molecular complexity index is 1040. The third-order valence-corrected chi connectivity index (χ3v) is 7.62. The van der Waals surface area contributed by atoms with E-state index in [1.807, 2.05) is 0 Å². The Labute approximate surface area is 142 Å². The fraction of sp³-hybridized carbons (Fsp3) is 0.333. The van der Waals surface area contributed by atoms with Crippen molar-refractivity contribution in [3.63, 3.8) is 0 Å². The van der Waals surface area contributed by atoms with Gasteiger partial charge in [0.1, 0.15) is 0 Å². The predicted octanol–water partition coefficient (Wildman–Crippen LogP) is 5.77. The van der Waals surface area contributed by atoms with Gasteiger partial charge >= 0.3 is 0 Å². The first-order chi connectivity index (χ1) is 11.9. The zero-order valence-electron chi connectivity index (χ0n) is 13.6. The Morgan fingerprint density at radius 2 is 1.42 bits per heavy atom. The van der Waals surface area contributed by atoms with Crippen LogP contribution in [0.1, 0.15) is 17.9 Å². The summed E-state index contributed by atoms with van der Waals surface area (Å²) in [7, 11) is 0. The molecule has 116 valence electrons. The minimum absolute atomic E-state index is 0.767. The van der Waals surface area contributed by atoms with Crippen molar-refractivity contribution in [1.82, 2.24) is 0 Å². The molecule has 0 N–H and O–H groups in total. The Kier molecular flexibility index (Phi) is 2.02. The minimum atomic E-state index is 0.767. The van der Waals surface area contributed by atoms with Crippen molar-refractivity contribution in [1.29, 1.82) is 0 Å². The molecule has 7 atom stereocenters. The molecular weight excluding hydrogens is 288 g/mol. The van der Waals surface area contributed by atoms with Gasteiger partial charge in [0.2, 0.25) is 0 Å². The molecule has 4 aliphatic carbocycles. The SMILES string of the molecule is C1=C[C@@H]2[C@@H]3C[C@@H]3C3C1[C@@H]3[C@@H]2c1cc2ccccc2c2ccccc12. The first-order valence-corrected chi connectivity index (χ1v) is 9.50. The van der Waals surface area contributed by atoms with Gasteiger partial charge in [-0.25, -0.2) is 0 Å². The smallest absolute Gasteiger partial charge is 0.00529 e. The average molecular weight is 308 g/mol. The lowest BCUT2D eigenvalue weighted by molar-refractivity contribution is 0.322. The van der Waals surface area contributed by atoms with Gasteiger partial charge in [-0.05, 0) is 75.0 Å². The van der Waals surface area contributed by atoms with Crippen molar-refractivity contribution in [2.45, 2.75) is 12.3 Å². The number of rotatable bonds is 1. The summed E-state index contributed by atoms with van der Waals surface area (Å²) in [6, 6.07) is 20.6. The molecule has 3 fully saturated rings. The first-order valence-electron chi connectivity index (χ1n) is 9.50. The fourth-order valence-corrected chi connectivity index (χ4v) is 6.63. The second-order valence-electron chi connectivity index (χ2n) is 8.52. The van der Waals surface area contributed by atoms with Gasteiger partial charge in [-0.3, -0.25) is 0 Å². The Morgan fingerprint density at radius 1 is 0.667 bits per heavy atom. The van der Waals surface area contributed by atoms with Crippen LogP contribution in [0, 0.1) is 35.5 Å². The van der Waals surface area contributed by atoms with Crippen molar-refractivity contribution < 1.29 is 0 Å². The van der Waals surface area contributed by atoms with Crippen LogP contribution in [-0.2, 0) is 0 Å². The highest BCUT2D eigenvalue weighted by Crippen LogP contribution is 2.77. The number of hydrogen-bond acceptors (Lipinski definition) is 0. The number of hydrogen-bond donors (Lipinski definition) is 0. The number of allylic oxidation sites excluding steroid dienone is 2. The molecule has 7 rings (SSSR count). The summed E-state index contributed by atoms with van der Waals surface area (Å²) < 4.78 is 0. The van der Waals surface area contributed by atoms with Crippen LogP contribution in [0.15, 0.2) is 66.7 Å². The van der Waals surface area contributed by atoms with E-state index in [1.165, 1.54) is 28.0 Å². The van der Waals surface area contributed by atoms with Crippen LogP contribution >= 0.6 is 0 Å². The Hall–Kier alpha value is -2.08. The molecule has 0 radical (unpaired) electrons. The Balaban J connectivity index is 1.54. The third-order valence-electron chi connectivity index (χ3n) is 7.62. The zero-order valence-corrected chi connectivity index (χ0v) is 13.6. The summed E-state index contributed by atoms with van der Waals surface area (Å²) in [5, 5.41) is 5.77. The molecule has 3 saturated carbocycles. The molecule has 2 bridgehead atoms. The lowest BCUT2D eigenvalue weighted by atomic mass is 9.72. The van der Waals surface area contributed by atoms with Crippen molar-refractivity contribution in [3.8, 4) is 0 Å². The van der Waals surface area contributed by atoms with Crippen LogP contribution in [0.5, 0.6) is 0 Å². The number of benzene rings is 3. The van der Waals surface area contributed by atoms with E-state index in [0.29, 0.717) is 0 Å². The van der Waals surface area contributed by atoms with Gasteiger partial charge in [-0.15, -0.1) is 0 Å². The quantitative estimate of drug-likeness (QED) is 0.395. The first kappa shape index (κ1) is 12.3. The molecule has 3 aromatic carbocycles. The molecule has 4 aliphatic rings. The fourth-order valence-electron chi connectivity index (χ4n) is 6.63. The molecule has 0 saturated heterocycles. The van der Waals surface area contributed by atoms with Gasteiger partial charge in [-0.2, -0.15) is 0 Å². The topological polar surface area (TPSA) is 0 Å². The molecule has 0 heteroatoms. The lowest BCUT2D eigenvalue weighted by Gasteiger charge is -2.32. The van der Waals surface area contributed by atoms with E-state index in [0.717, 1.165) is 41.4 Å². The van der Waals surface area contributed by atoms with Gasteiger partial charge in [0, 0.05) is 0 Å². The van der Waals surface area contributed by atoms with E-state index < -0.39 is 0 Å². The van der Waals surface area contributed by atoms with E-state index >= 15 is 0 Å². The molecule has 2 unspecified atom stereocenters. The molecule has 0 spiro atoms. The van der Waals surface area contributed by atoms with E-state index in [-0.39, 0.29) is 0 Å². The Morgan fingerprint density at radius 3 is 2.33 bits per heavy atom. The molecule has 24 heavy (non-hydrogen) atoms. The van der Waals surface area contributed by atoms with Crippen molar-refractivity contribution >= 4 is 21.5 Å². The van der Waals surface area contributed by atoms with Gasteiger partial charge in [0.25, 0.3) is 0 Å². The zero-order chi connectivity index (χ0) is 15.4. The third kappa shape index (κ3) is 1.34. The monoisotopic (exact) mass is 308 g/mol. The molecule has 0 nitrogen and oxygen atoms in total. The average Bonchev–Trinajstić information content (AvgIpc) is 3.51.